The molecule has 2 unspecified atom stereocenters. The summed E-state index contributed by atoms with van der Waals surface area (Å²) in [5, 5.41) is 0. The zero-order valence-corrected chi connectivity index (χ0v) is 44.4. The predicted octanol–water partition coefficient (Wildman–Crippen LogP) is 16.1. The lowest BCUT2D eigenvalue weighted by Gasteiger charge is -2.50. The molecular weight excluding hydrogens is 872 g/mol. The molecule has 4 aliphatic rings. The quantitative estimate of drug-likeness (QED) is 0.160. The van der Waals surface area contributed by atoms with Crippen molar-refractivity contribution in [1.29, 1.82) is 0 Å². The third kappa shape index (κ3) is 7.12. The Morgan fingerprint density at radius 2 is 1.08 bits per heavy atom. The fourth-order valence-corrected chi connectivity index (χ4v) is 13.1. The summed E-state index contributed by atoms with van der Waals surface area (Å²) < 4.78 is 0. The van der Waals surface area contributed by atoms with Crippen LogP contribution in [0.1, 0.15) is 124 Å². The molecule has 0 bridgehead atoms. The van der Waals surface area contributed by atoms with E-state index in [2.05, 4.69) is 254 Å². The van der Waals surface area contributed by atoms with Crippen LogP contribution in [0.5, 0.6) is 0 Å². The Kier molecular flexibility index (Phi) is 10.5. The Balaban J connectivity index is 1.13. The van der Waals surface area contributed by atoms with Crippen LogP contribution in [0.4, 0.5) is 45.5 Å². The van der Waals surface area contributed by atoms with Gasteiger partial charge in [-0.3, -0.25) is 4.98 Å². The molecule has 1 fully saturated rings. The van der Waals surface area contributed by atoms with Crippen molar-refractivity contribution in [3.63, 3.8) is 0 Å². The highest BCUT2D eigenvalue weighted by Gasteiger charge is 2.58. The van der Waals surface area contributed by atoms with E-state index in [0.717, 1.165) is 12.8 Å². The van der Waals surface area contributed by atoms with Gasteiger partial charge in [0.1, 0.15) is 0 Å². The maximum Gasteiger partial charge on any atom is 0.252 e. The van der Waals surface area contributed by atoms with Gasteiger partial charge in [0.25, 0.3) is 6.71 Å². The van der Waals surface area contributed by atoms with Crippen LogP contribution in [0, 0.1) is 0 Å². The molecule has 0 radical (unpaired) electrons. The molecular formula is C67H69BN4. The first kappa shape index (κ1) is 46.2. The van der Waals surface area contributed by atoms with Gasteiger partial charge in [-0.15, -0.1) is 0 Å². The van der Waals surface area contributed by atoms with Gasteiger partial charge in [-0.05, 0) is 164 Å². The van der Waals surface area contributed by atoms with Gasteiger partial charge in [-0.25, -0.2) is 0 Å². The Labute approximate surface area is 429 Å². The monoisotopic (exact) mass is 941 g/mol. The van der Waals surface area contributed by atoms with Gasteiger partial charge in [0.2, 0.25) is 0 Å². The van der Waals surface area contributed by atoms with E-state index >= 15 is 0 Å². The maximum atomic E-state index is 4.52. The summed E-state index contributed by atoms with van der Waals surface area (Å²) in [5.41, 5.74) is 23.9. The molecule has 2 atom stereocenters. The van der Waals surface area contributed by atoms with E-state index in [-0.39, 0.29) is 33.9 Å². The highest BCUT2D eigenvalue weighted by molar-refractivity contribution is 7.00. The number of pyridine rings is 1. The van der Waals surface area contributed by atoms with E-state index < -0.39 is 0 Å². The van der Waals surface area contributed by atoms with Crippen molar-refractivity contribution in [2.45, 2.75) is 129 Å². The average molecular weight is 941 g/mol. The van der Waals surface area contributed by atoms with Crippen molar-refractivity contribution < 1.29 is 0 Å². The lowest BCUT2D eigenvalue weighted by Crippen LogP contribution is -2.61. The van der Waals surface area contributed by atoms with Crippen LogP contribution in [0.3, 0.4) is 0 Å². The fourth-order valence-electron chi connectivity index (χ4n) is 13.1. The minimum atomic E-state index is -0.139. The second-order valence-corrected chi connectivity index (χ2v) is 24.9. The van der Waals surface area contributed by atoms with Crippen LogP contribution in [-0.4, -0.2) is 17.2 Å². The molecule has 1 aliphatic carbocycles. The SMILES string of the molecule is CC(C)(C)c1ccc(N2c3cc(N4c5ccc(-c6cccnc6)cc5C5(C)CCCCC45C)ccc3B3c4ccccc4N(c4ccc(C(C)(C)C)cc4-c4ccccc4)c4cc(C(C)(C)C)cc2c43)cc1. The smallest absolute Gasteiger partial charge is 0.252 e. The van der Waals surface area contributed by atoms with Crippen molar-refractivity contribution in [3.05, 3.63) is 192 Å². The van der Waals surface area contributed by atoms with Crippen LogP contribution in [0.15, 0.2) is 170 Å². The van der Waals surface area contributed by atoms with Crippen molar-refractivity contribution in [1.82, 2.24) is 4.98 Å². The number of rotatable bonds is 5. The van der Waals surface area contributed by atoms with Crippen molar-refractivity contribution >= 4 is 68.6 Å². The molecule has 3 aliphatic heterocycles. The molecule has 4 nitrogen and oxygen atoms in total. The van der Waals surface area contributed by atoms with Crippen molar-refractivity contribution in [2.24, 2.45) is 0 Å². The summed E-state index contributed by atoms with van der Waals surface area (Å²) >= 11 is 0. The summed E-state index contributed by atoms with van der Waals surface area (Å²) in [5.74, 6) is 0. The first-order chi connectivity index (χ1) is 34.3. The number of fused-ring (bicyclic) bond motifs is 7. The van der Waals surface area contributed by atoms with Gasteiger partial charge >= 0.3 is 0 Å². The predicted molar refractivity (Wildman–Crippen MR) is 308 cm³/mol. The number of hydrogen-bond donors (Lipinski definition) is 0. The highest BCUT2D eigenvalue weighted by Crippen LogP contribution is 2.62. The first-order valence-corrected chi connectivity index (χ1v) is 26.5. The number of anilines is 8. The molecule has 1 saturated carbocycles. The van der Waals surface area contributed by atoms with E-state index in [1.165, 1.54) is 119 Å². The van der Waals surface area contributed by atoms with Crippen LogP contribution in [0.25, 0.3) is 22.3 Å². The molecule has 5 heteroatoms. The summed E-state index contributed by atoms with van der Waals surface area (Å²) in [4.78, 5) is 12.5. The topological polar surface area (TPSA) is 22.6 Å². The zero-order valence-electron chi connectivity index (χ0n) is 44.4. The Bertz CT molecular complexity index is 3410. The van der Waals surface area contributed by atoms with Crippen LogP contribution in [0.2, 0.25) is 0 Å². The normalized spacial score (nSPS) is 19.1. The minimum absolute atomic E-state index is 0.00285. The highest BCUT2D eigenvalue weighted by atomic mass is 15.3. The second-order valence-electron chi connectivity index (χ2n) is 24.9. The van der Waals surface area contributed by atoms with E-state index in [4.69, 9.17) is 0 Å². The molecule has 0 amide bonds. The second kappa shape index (κ2) is 16.3. The summed E-state index contributed by atoms with van der Waals surface area (Å²) in [6, 6.07) is 61.1. The maximum absolute atomic E-state index is 4.52. The van der Waals surface area contributed by atoms with E-state index in [1.54, 1.807) is 0 Å². The molecule has 72 heavy (non-hydrogen) atoms. The van der Waals surface area contributed by atoms with E-state index in [1.807, 2.05) is 12.4 Å². The number of para-hydroxylation sites is 1. The van der Waals surface area contributed by atoms with Gasteiger partial charge in [0.15, 0.2) is 0 Å². The minimum Gasteiger partial charge on any atom is -0.334 e. The number of hydrogen-bond acceptors (Lipinski definition) is 4. The standard InChI is InChI=1S/C67H69BN4/c1-63(2,3)47-26-29-50(30-27-47)70-59-42-51(72-57-33-25-45(46-22-19-37-69-43-46)38-53(57)66(10)35-17-18-36-67(66,72)11)31-32-55(59)68-54-23-15-16-24-58(54)71(61-41-49(65(7,8)9)40-60(70)62(61)68)56-34-28-48(64(4,5)6)39-52(56)44-20-13-12-14-21-44/h12-16,19-34,37-43H,17-18,35-36H2,1-11H3. The lowest BCUT2D eigenvalue weighted by atomic mass is 9.33. The largest absolute Gasteiger partial charge is 0.334 e. The van der Waals surface area contributed by atoms with Gasteiger partial charge in [-0.2, -0.15) is 0 Å². The lowest BCUT2D eigenvalue weighted by molar-refractivity contribution is 0.195. The zero-order chi connectivity index (χ0) is 50.1. The van der Waals surface area contributed by atoms with Crippen LogP contribution < -0.4 is 31.1 Å². The molecule has 0 N–H and O–H groups in total. The molecule has 0 saturated heterocycles. The molecule has 8 aromatic rings. The Morgan fingerprint density at radius 3 is 1.79 bits per heavy atom. The van der Waals surface area contributed by atoms with Crippen LogP contribution >= 0.6 is 0 Å². The van der Waals surface area contributed by atoms with Crippen molar-refractivity contribution in [3.8, 4) is 22.3 Å². The fraction of sp³-hybridized carbons (Fsp3) is 0.299. The molecule has 1 aromatic heterocycles. The number of nitrogens with zero attached hydrogens (tertiary/aromatic N) is 4. The average Bonchev–Trinajstić information content (AvgIpc) is 3.58. The van der Waals surface area contributed by atoms with E-state index in [9.17, 15) is 0 Å². The molecule has 12 rings (SSSR count). The van der Waals surface area contributed by atoms with Gasteiger partial charge in [-0.1, -0.05) is 167 Å². The van der Waals surface area contributed by atoms with Gasteiger partial charge < -0.3 is 14.7 Å². The first-order valence-electron chi connectivity index (χ1n) is 26.5. The third-order valence-electron chi connectivity index (χ3n) is 17.4. The third-order valence-corrected chi connectivity index (χ3v) is 17.4. The van der Waals surface area contributed by atoms with Crippen molar-refractivity contribution in [2.75, 3.05) is 14.7 Å². The van der Waals surface area contributed by atoms with Gasteiger partial charge in [0, 0.05) is 63.2 Å². The molecule has 0 spiro atoms. The van der Waals surface area contributed by atoms with Gasteiger partial charge in [0.05, 0.1) is 11.2 Å². The number of aromatic nitrogens is 1. The van der Waals surface area contributed by atoms with Crippen LogP contribution in [-0.2, 0) is 21.7 Å². The summed E-state index contributed by atoms with van der Waals surface area (Å²) in [6.07, 6.45) is 8.62. The summed E-state index contributed by atoms with van der Waals surface area (Å²) in [6.45, 7) is 26.1. The number of benzene rings is 7. The Morgan fingerprint density at radius 1 is 0.458 bits per heavy atom. The van der Waals surface area contributed by atoms with E-state index in [0.29, 0.717) is 0 Å². The molecule has 4 heterocycles. The molecule has 7 aromatic carbocycles. The molecule has 360 valence electrons. The summed E-state index contributed by atoms with van der Waals surface area (Å²) in [7, 11) is 0. The Hall–Kier alpha value is -6.85.